The minimum Gasteiger partial charge on any atom is -0.506 e. The van der Waals surface area contributed by atoms with E-state index in [0.717, 1.165) is 43.9 Å². The summed E-state index contributed by atoms with van der Waals surface area (Å²) < 4.78 is 0. The van der Waals surface area contributed by atoms with Crippen molar-refractivity contribution in [2.24, 2.45) is 0 Å². The number of aromatic hydroxyl groups is 1. The van der Waals surface area contributed by atoms with Crippen molar-refractivity contribution >= 4 is 11.6 Å². The molecule has 0 spiro atoms. The summed E-state index contributed by atoms with van der Waals surface area (Å²) in [5, 5.41) is 13.2. The van der Waals surface area contributed by atoms with Crippen LogP contribution in [0.1, 0.15) is 30.5 Å². The number of anilines is 1. The van der Waals surface area contributed by atoms with Gasteiger partial charge in [0.2, 0.25) is 5.91 Å². The summed E-state index contributed by atoms with van der Waals surface area (Å²) in [7, 11) is 0. The van der Waals surface area contributed by atoms with Gasteiger partial charge in [-0.05, 0) is 31.0 Å². The highest BCUT2D eigenvalue weighted by molar-refractivity contribution is 5.78. The van der Waals surface area contributed by atoms with E-state index in [1.54, 1.807) is 6.07 Å². The number of para-hydroxylation sites is 2. The number of rotatable bonds is 6. The maximum Gasteiger partial charge on any atom is 0.234 e. The average Bonchev–Trinajstić information content (AvgIpc) is 2.68. The Balaban J connectivity index is 1.50. The summed E-state index contributed by atoms with van der Waals surface area (Å²) in [5.74, 6) is 0.381. The van der Waals surface area contributed by atoms with Gasteiger partial charge >= 0.3 is 0 Å². The molecule has 5 nitrogen and oxygen atoms in total. The topological polar surface area (TPSA) is 55.8 Å². The highest BCUT2D eigenvalue weighted by atomic mass is 16.3. The molecule has 2 aromatic rings. The zero-order valence-electron chi connectivity index (χ0n) is 16.2. The quantitative estimate of drug-likeness (QED) is 0.824. The first kappa shape index (κ1) is 19.2. The lowest BCUT2D eigenvalue weighted by Crippen LogP contribution is -2.49. The maximum atomic E-state index is 12.5. The lowest BCUT2D eigenvalue weighted by atomic mass is 10.0. The van der Waals surface area contributed by atoms with Gasteiger partial charge in [-0.3, -0.25) is 9.69 Å². The largest absolute Gasteiger partial charge is 0.506 e. The number of hydrogen-bond acceptors (Lipinski definition) is 4. The number of piperazine rings is 1. The van der Waals surface area contributed by atoms with Gasteiger partial charge in [0.05, 0.1) is 18.3 Å². The number of hydrogen-bond donors (Lipinski definition) is 2. The van der Waals surface area contributed by atoms with Crippen LogP contribution in [0.5, 0.6) is 5.75 Å². The van der Waals surface area contributed by atoms with Crippen LogP contribution in [0.3, 0.4) is 0 Å². The predicted molar refractivity (Wildman–Crippen MR) is 109 cm³/mol. The fourth-order valence-electron chi connectivity index (χ4n) is 3.54. The lowest BCUT2D eigenvalue weighted by Gasteiger charge is -2.36. The number of nitrogens with zero attached hydrogens (tertiary/aromatic N) is 2. The molecule has 0 radical (unpaired) electrons. The minimum atomic E-state index is 0.0562. The zero-order valence-corrected chi connectivity index (χ0v) is 16.2. The first-order valence-corrected chi connectivity index (χ1v) is 9.68. The van der Waals surface area contributed by atoms with Crippen molar-refractivity contribution in [2.75, 3.05) is 37.6 Å². The van der Waals surface area contributed by atoms with Crippen LogP contribution in [0.25, 0.3) is 0 Å². The Hall–Kier alpha value is -2.53. The maximum absolute atomic E-state index is 12.5. The van der Waals surface area contributed by atoms with Gasteiger partial charge < -0.3 is 15.3 Å². The molecule has 0 aromatic heterocycles. The minimum absolute atomic E-state index is 0.0562. The molecule has 0 bridgehead atoms. The SMILES string of the molecule is CC[C@@H](NC(=O)CN1CCN(c2ccccc2O)CC1)c1ccc(C)cc1. The fraction of sp³-hybridized carbons (Fsp3) is 0.409. The monoisotopic (exact) mass is 367 g/mol. The van der Waals surface area contributed by atoms with Crippen LogP contribution in [0, 0.1) is 6.92 Å². The van der Waals surface area contributed by atoms with E-state index in [1.165, 1.54) is 5.56 Å². The van der Waals surface area contributed by atoms with Crippen LogP contribution >= 0.6 is 0 Å². The molecular weight excluding hydrogens is 338 g/mol. The van der Waals surface area contributed by atoms with Crippen LogP contribution in [-0.2, 0) is 4.79 Å². The van der Waals surface area contributed by atoms with Crippen LogP contribution in [-0.4, -0.2) is 48.6 Å². The third kappa shape index (κ3) is 5.01. The van der Waals surface area contributed by atoms with Crippen molar-refractivity contribution < 1.29 is 9.90 Å². The number of carbonyl (C=O) groups excluding carboxylic acids is 1. The molecule has 0 saturated carbocycles. The summed E-state index contributed by atoms with van der Waals surface area (Å²) in [6, 6.07) is 15.8. The average molecular weight is 367 g/mol. The Bertz CT molecular complexity index is 752. The van der Waals surface area contributed by atoms with E-state index in [9.17, 15) is 9.90 Å². The Kier molecular flexibility index (Phi) is 6.35. The molecule has 2 N–H and O–H groups in total. The third-order valence-electron chi connectivity index (χ3n) is 5.19. The molecule has 5 heteroatoms. The molecule has 1 aliphatic heterocycles. The van der Waals surface area contributed by atoms with Crippen molar-refractivity contribution in [3.63, 3.8) is 0 Å². The van der Waals surface area contributed by atoms with Crippen LogP contribution in [0.4, 0.5) is 5.69 Å². The molecular formula is C22H29N3O2. The van der Waals surface area contributed by atoms with Crippen LogP contribution < -0.4 is 10.2 Å². The molecule has 2 aromatic carbocycles. The summed E-state index contributed by atoms with van der Waals surface area (Å²) >= 11 is 0. The van der Waals surface area contributed by atoms with E-state index in [4.69, 9.17) is 0 Å². The first-order valence-electron chi connectivity index (χ1n) is 9.68. The predicted octanol–water partition coefficient (Wildman–Crippen LogP) is 3.09. The van der Waals surface area contributed by atoms with Gasteiger partial charge in [0.1, 0.15) is 5.75 Å². The van der Waals surface area contributed by atoms with Crippen molar-refractivity contribution in [3.05, 3.63) is 59.7 Å². The van der Waals surface area contributed by atoms with Crippen molar-refractivity contribution in [1.82, 2.24) is 10.2 Å². The summed E-state index contributed by atoms with van der Waals surface area (Å²) in [6.45, 7) is 7.80. The van der Waals surface area contributed by atoms with Gasteiger partial charge in [-0.15, -0.1) is 0 Å². The molecule has 27 heavy (non-hydrogen) atoms. The van der Waals surface area contributed by atoms with E-state index < -0.39 is 0 Å². The molecule has 144 valence electrons. The van der Waals surface area contributed by atoms with E-state index in [1.807, 2.05) is 18.2 Å². The number of phenolic OH excluding ortho intramolecular Hbond substituents is 1. The van der Waals surface area contributed by atoms with Crippen molar-refractivity contribution in [1.29, 1.82) is 0 Å². The lowest BCUT2D eigenvalue weighted by molar-refractivity contribution is -0.123. The smallest absolute Gasteiger partial charge is 0.234 e. The summed E-state index contributed by atoms with van der Waals surface area (Å²) in [5.41, 5.74) is 3.25. The third-order valence-corrected chi connectivity index (χ3v) is 5.19. The number of aryl methyl sites for hydroxylation is 1. The number of amides is 1. The molecule has 1 saturated heterocycles. The summed E-state index contributed by atoms with van der Waals surface area (Å²) in [4.78, 5) is 16.9. The van der Waals surface area contributed by atoms with E-state index in [-0.39, 0.29) is 11.9 Å². The Morgan fingerprint density at radius 2 is 1.74 bits per heavy atom. The number of phenols is 1. The normalized spacial score (nSPS) is 16.1. The molecule has 0 aliphatic carbocycles. The van der Waals surface area contributed by atoms with Gasteiger partial charge in [0.15, 0.2) is 0 Å². The number of benzene rings is 2. The second kappa shape index (κ2) is 8.91. The summed E-state index contributed by atoms with van der Waals surface area (Å²) in [6.07, 6.45) is 0.871. The second-order valence-corrected chi connectivity index (χ2v) is 7.19. The van der Waals surface area contributed by atoms with Crippen LogP contribution in [0.2, 0.25) is 0 Å². The van der Waals surface area contributed by atoms with E-state index >= 15 is 0 Å². The molecule has 0 unspecified atom stereocenters. The highest BCUT2D eigenvalue weighted by Crippen LogP contribution is 2.27. The Morgan fingerprint density at radius 1 is 1.07 bits per heavy atom. The number of nitrogens with one attached hydrogen (secondary N) is 1. The van der Waals surface area contributed by atoms with Gasteiger partial charge in [-0.2, -0.15) is 0 Å². The standard InChI is InChI=1S/C22H29N3O2/c1-3-19(18-10-8-17(2)9-11-18)23-22(27)16-24-12-14-25(15-13-24)20-6-4-5-7-21(20)26/h4-11,19,26H,3,12-16H2,1-2H3,(H,23,27)/t19-/m1/s1. The van der Waals surface area contributed by atoms with Gasteiger partial charge in [0, 0.05) is 26.2 Å². The first-order chi connectivity index (χ1) is 13.1. The molecule has 1 atom stereocenters. The zero-order chi connectivity index (χ0) is 19.2. The van der Waals surface area contributed by atoms with Gasteiger partial charge in [-0.25, -0.2) is 0 Å². The van der Waals surface area contributed by atoms with Gasteiger partial charge in [0.25, 0.3) is 0 Å². The molecule has 3 rings (SSSR count). The molecule has 1 fully saturated rings. The Labute approximate surface area is 161 Å². The van der Waals surface area contributed by atoms with E-state index in [2.05, 4.69) is 53.2 Å². The molecule has 1 amide bonds. The highest BCUT2D eigenvalue weighted by Gasteiger charge is 2.21. The van der Waals surface area contributed by atoms with Crippen molar-refractivity contribution in [3.8, 4) is 5.75 Å². The number of carbonyl (C=O) groups is 1. The molecule has 1 heterocycles. The van der Waals surface area contributed by atoms with E-state index in [0.29, 0.717) is 12.3 Å². The van der Waals surface area contributed by atoms with Crippen LogP contribution in [0.15, 0.2) is 48.5 Å². The Morgan fingerprint density at radius 3 is 2.37 bits per heavy atom. The molecule has 1 aliphatic rings. The second-order valence-electron chi connectivity index (χ2n) is 7.19. The fourth-order valence-corrected chi connectivity index (χ4v) is 3.54. The van der Waals surface area contributed by atoms with Gasteiger partial charge in [-0.1, -0.05) is 48.9 Å². The van der Waals surface area contributed by atoms with Crippen molar-refractivity contribution in [2.45, 2.75) is 26.3 Å².